The van der Waals surface area contributed by atoms with Gasteiger partial charge in [-0.05, 0) is 76.1 Å². The Balaban J connectivity index is 2.09. The molecule has 0 spiro atoms. The summed E-state index contributed by atoms with van der Waals surface area (Å²) in [5.74, 6) is -0.641. The maximum Gasteiger partial charge on any atom is 0.264 e. The first kappa shape index (κ1) is 33.2. The first-order valence-electron chi connectivity index (χ1n) is 13.7. The number of ether oxygens (including phenoxy) is 1. The largest absolute Gasteiger partial charge is 0.492 e. The second-order valence-corrected chi connectivity index (χ2v) is 12.7. The molecular formula is C31H37Cl2N3O5S. The third-order valence-corrected chi connectivity index (χ3v) is 9.34. The molecular weight excluding hydrogens is 597 g/mol. The van der Waals surface area contributed by atoms with Crippen LogP contribution in [0.1, 0.15) is 45.2 Å². The number of hydrogen-bond donors (Lipinski definition) is 1. The van der Waals surface area contributed by atoms with Gasteiger partial charge in [-0.1, -0.05) is 66.0 Å². The van der Waals surface area contributed by atoms with Crippen LogP contribution in [0, 0.1) is 6.92 Å². The van der Waals surface area contributed by atoms with Gasteiger partial charge in [0.25, 0.3) is 10.0 Å². The van der Waals surface area contributed by atoms with E-state index in [-0.39, 0.29) is 29.1 Å². The van der Waals surface area contributed by atoms with Crippen molar-refractivity contribution in [2.24, 2.45) is 0 Å². The minimum Gasteiger partial charge on any atom is -0.492 e. The molecule has 2 atom stereocenters. The van der Waals surface area contributed by atoms with Crippen LogP contribution in [-0.2, 0) is 26.2 Å². The molecule has 2 amide bonds. The maximum absolute atomic E-state index is 14.1. The number of amides is 2. The highest BCUT2D eigenvalue weighted by molar-refractivity contribution is 7.92. The van der Waals surface area contributed by atoms with E-state index in [1.165, 1.54) is 17.0 Å². The summed E-state index contributed by atoms with van der Waals surface area (Å²) in [6.45, 7) is 8.78. The van der Waals surface area contributed by atoms with Gasteiger partial charge in [-0.15, -0.1) is 0 Å². The lowest BCUT2D eigenvalue weighted by Gasteiger charge is -2.33. The molecule has 3 rings (SSSR count). The van der Waals surface area contributed by atoms with Crippen molar-refractivity contribution in [3.8, 4) is 5.75 Å². The van der Waals surface area contributed by atoms with Crippen molar-refractivity contribution in [1.82, 2.24) is 10.2 Å². The number of para-hydroxylation sites is 2. The lowest BCUT2D eigenvalue weighted by Crippen LogP contribution is -2.52. The van der Waals surface area contributed by atoms with E-state index in [2.05, 4.69) is 5.32 Å². The van der Waals surface area contributed by atoms with Crippen LogP contribution in [0.25, 0.3) is 0 Å². The second kappa shape index (κ2) is 14.8. The van der Waals surface area contributed by atoms with Crippen molar-refractivity contribution in [2.45, 2.75) is 64.6 Å². The molecule has 0 aliphatic carbocycles. The summed E-state index contributed by atoms with van der Waals surface area (Å²) in [6, 6.07) is 16.9. The number of sulfonamides is 1. The molecule has 11 heteroatoms. The van der Waals surface area contributed by atoms with E-state index in [1.54, 1.807) is 68.4 Å². The summed E-state index contributed by atoms with van der Waals surface area (Å²) in [4.78, 5) is 28.7. The number of anilines is 1. The van der Waals surface area contributed by atoms with Crippen LogP contribution in [-0.4, -0.2) is 50.4 Å². The molecule has 0 saturated heterocycles. The number of hydrogen-bond acceptors (Lipinski definition) is 5. The molecule has 0 aliphatic heterocycles. The number of benzene rings is 3. The summed E-state index contributed by atoms with van der Waals surface area (Å²) in [7, 11) is -4.23. The van der Waals surface area contributed by atoms with E-state index in [0.29, 0.717) is 34.4 Å². The van der Waals surface area contributed by atoms with Crippen molar-refractivity contribution < 1.29 is 22.7 Å². The molecule has 0 heterocycles. The van der Waals surface area contributed by atoms with E-state index < -0.39 is 28.5 Å². The van der Waals surface area contributed by atoms with Crippen LogP contribution in [0.15, 0.2) is 71.6 Å². The van der Waals surface area contributed by atoms with Crippen molar-refractivity contribution in [3.63, 3.8) is 0 Å². The van der Waals surface area contributed by atoms with E-state index in [9.17, 15) is 18.0 Å². The third kappa shape index (κ3) is 8.18. The van der Waals surface area contributed by atoms with Crippen LogP contribution in [0.5, 0.6) is 5.75 Å². The minimum atomic E-state index is -4.23. The molecule has 0 aliphatic rings. The molecule has 0 bridgehead atoms. The average Bonchev–Trinajstić information content (AvgIpc) is 2.96. The highest BCUT2D eigenvalue weighted by Crippen LogP contribution is 2.33. The highest BCUT2D eigenvalue weighted by Gasteiger charge is 2.34. The molecule has 3 aromatic carbocycles. The molecule has 226 valence electrons. The van der Waals surface area contributed by atoms with Gasteiger partial charge in [-0.3, -0.25) is 13.9 Å². The quantitative estimate of drug-likeness (QED) is 0.241. The number of halogens is 2. The fourth-order valence-electron chi connectivity index (χ4n) is 4.17. The molecule has 1 N–H and O–H groups in total. The number of nitrogens with one attached hydrogen (secondary N) is 1. The van der Waals surface area contributed by atoms with Crippen molar-refractivity contribution >= 4 is 50.7 Å². The number of nitrogens with zero attached hydrogens (tertiary/aromatic N) is 2. The number of aryl methyl sites for hydroxylation is 1. The first-order valence-corrected chi connectivity index (χ1v) is 15.9. The zero-order chi connectivity index (χ0) is 31.0. The SMILES string of the molecule is CCOc1ccccc1N(CC(=O)N(Cc1ccc(Cl)c(Cl)c1)[C@@H](C)C(=O)N[C@@H](C)CC)S(=O)(=O)c1ccc(C)cc1. The zero-order valence-electron chi connectivity index (χ0n) is 24.4. The Bertz CT molecular complexity index is 1500. The first-order chi connectivity index (χ1) is 19.9. The van der Waals surface area contributed by atoms with Gasteiger partial charge in [0.1, 0.15) is 18.3 Å². The molecule has 0 unspecified atom stereocenters. The summed E-state index contributed by atoms with van der Waals surface area (Å²) >= 11 is 12.3. The highest BCUT2D eigenvalue weighted by atomic mass is 35.5. The predicted molar refractivity (Wildman–Crippen MR) is 168 cm³/mol. The Morgan fingerprint density at radius 3 is 2.24 bits per heavy atom. The lowest BCUT2D eigenvalue weighted by molar-refractivity contribution is -0.139. The molecule has 42 heavy (non-hydrogen) atoms. The van der Waals surface area contributed by atoms with E-state index in [4.69, 9.17) is 27.9 Å². The van der Waals surface area contributed by atoms with E-state index in [1.807, 2.05) is 20.8 Å². The normalized spacial score (nSPS) is 12.7. The molecule has 0 saturated carbocycles. The molecule has 8 nitrogen and oxygen atoms in total. The van der Waals surface area contributed by atoms with Gasteiger partial charge in [-0.2, -0.15) is 0 Å². The zero-order valence-corrected chi connectivity index (χ0v) is 26.8. The van der Waals surface area contributed by atoms with Gasteiger partial charge in [0.15, 0.2) is 0 Å². The van der Waals surface area contributed by atoms with Crippen molar-refractivity contribution in [2.75, 3.05) is 17.5 Å². The standard InChI is InChI=1S/C31H37Cl2N3O5S/c1-6-22(4)34-31(38)23(5)35(19-24-14-17-26(32)27(33)18-24)30(37)20-36(28-10-8-9-11-29(28)41-7-2)42(39,40)25-15-12-21(3)13-16-25/h8-18,22-23H,6-7,19-20H2,1-5H3,(H,34,38)/t22-,23-/m0/s1. The van der Waals surface area contributed by atoms with Crippen LogP contribution in [0.2, 0.25) is 10.0 Å². The fraction of sp³-hybridized carbons (Fsp3) is 0.355. The minimum absolute atomic E-state index is 0.00363. The van der Waals surface area contributed by atoms with Crippen LogP contribution in [0.3, 0.4) is 0 Å². The second-order valence-electron chi connectivity index (χ2n) is 9.99. The summed E-state index contributed by atoms with van der Waals surface area (Å²) in [6.07, 6.45) is 0.704. The van der Waals surface area contributed by atoms with Crippen LogP contribution < -0.4 is 14.4 Å². The number of carbonyl (C=O) groups is 2. The summed E-state index contributed by atoms with van der Waals surface area (Å²) in [5, 5.41) is 3.56. The van der Waals surface area contributed by atoms with Gasteiger partial charge in [-0.25, -0.2) is 8.42 Å². The lowest BCUT2D eigenvalue weighted by atomic mass is 10.1. The van der Waals surface area contributed by atoms with Gasteiger partial charge in [0.2, 0.25) is 11.8 Å². The maximum atomic E-state index is 14.1. The predicted octanol–water partition coefficient (Wildman–Crippen LogP) is 6.23. The van der Waals surface area contributed by atoms with Gasteiger partial charge in [0, 0.05) is 12.6 Å². The molecule has 0 radical (unpaired) electrons. The summed E-state index contributed by atoms with van der Waals surface area (Å²) < 4.78 is 34.9. The number of rotatable bonds is 13. The van der Waals surface area contributed by atoms with Crippen LogP contribution >= 0.6 is 23.2 Å². The van der Waals surface area contributed by atoms with Gasteiger partial charge in [0.05, 0.1) is 27.2 Å². The third-order valence-electron chi connectivity index (χ3n) is 6.83. The van der Waals surface area contributed by atoms with Crippen molar-refractivity contribution in [1.29, 1.82) is 0 Å². The monoisotopic (exact) mass is 633 g/mol. The topological polar surface area (TPSA) is 96.0 Å². The van der Waals surface area contributed by atoms with Gasteiger partial charge >= 0.3 is 0 Å². The van der Waals surface area contributed by atoms with E-state index >= 15 is 0 Å². The average molecular weight is 635 g/mol. The smallest absolute Gasteiger partial charge is 0.264 e. The Morgan fingerprint density at radius 1 is 0.952 bits per heavy atom. The Kier molecular flexibility index (Phi) is 11.7. The molecule has 0 fully saturated rings. The Labute approximate surface area is 258 Å². The molecule has 3 aromatic rings. The van der Waals surface area contributed by atoms with Crippen LogP contribution in [0.4, 0.5) is 5.69 Å². The van der Waals surface area contributed by atoms with E-state index in [0.717, 1.165) is 9.87 Å². The summed E-state index contributed by atoms with van der Waals surface area (Å²) in [5.41, 5.74) is 1.73. The Hall–Kier alpha value is -3.27. The molecule has 0 aromatic heterocycles. The van der Waals surface area contributed by atoms with Gasteiger partial charge < -0.3 is 15.0 Å². The fourth-order valence-corrected chi connectivity index (χ4v) is 5.92. The number of carbonyl (C=O) groups excluding carboxylic acids is 2. The Morgan fingerprint density at radius 2 is 1.62 bits per heavy atom. The van der Waals surface area contributed by atoms with Crippen molar-refractivity contribution in [3.05, 3.63) is 87.9 Å².